The van der Waals surface area contributed by atoms with Crippen LogP contribution in [0, 0.1) is 0 Å². The van der Waals surface area contributed by atoms with E-state index >= 15 is 0 Å². The van der Waals surface area contributed by atoms with Crippen LogP contribution in [0.2, 0.25) is 0 Å². The Kier molecular flexibility index (Phi) is 3.49. The molecular weight excluding hydrogens is 294 g/mol. The summed E-state index contributed by atoms with van der Waals surface area (Å²) in [6.07, 6.45) is 1.84. The lowest BCUT2D eigenvalue weighted by Gasteiger charge is -2.10. The third kappa shape index (κ3) is 2.92. The predicted octanol–water partition coefficient (Wildman–Crippen LogP) is 2.14. The molecule has 1 atom stereocenters. The number of aliphatic hydroxyl groups is 1. The lowest BCUT2D eigenvalue weighted by Crippen LogP contribution is -2.18. The lowest BCUT2D eigenvalue weighted by molar-refractivity contribution is 0.208. The highest BCUT2D eigenvalue weighted by atomic mass is 16.5. The second kappa shape index (κ2) is 5.66. The first-order chi connectivity index (χ1) is 11.2. The highest BCUT2D eigenvalue weighted by Crippen LogP contribution is 2.38. The third-order valence-electron chi connectivity index (χ3n) is 3.93. The van der Waals surface area contributed by atoms with Gasteiger partial charge in [0.05, 0.1) is 17.1 Å². The lowest BCUT2D eigenvalue weighted by atomic mass is 10.3. The second-order valence-corrected chi connectivity index (χ2v) is 6.06. The normalized spacial score (nSPS) is 15.9. The van der Waals surface area contributed by atoms with Crippen LogP contribution < -0.4 is 5.32 Å². The molecule has 3 aromatic rings. The van der Waals surface area contributed by atoms with E-state index in [1.54, 1.807) is 6.92 Å². The molecule has 1 aliphatic carbocycles. The average Bonchev–Trinajstić information content (AvgIpc) is 3.19. The molecule has 120 valence electrons. The number of para-hydroxylation sites is 2. The van der Waals surface area contributed by atoms with Crippen molar-refractivity contribution in [3.8, 4) is 0 Å². The van der Waals surface area contributed by atoms with Crippen molar-refractivity contribution in [2.24, 2.45) is 0 Å². The minimum Gasteiger partial charge on any atom is -0.392 e. The fourth-order valence-corrected chi connectivity index (χ4v) is 2.58. The van der Waals surface area contributed by atoms with Crippen molar-refractivity contribution in [2.75, 3.05) is 11.9 Å². The van der Waals surface area contributed by atoms with Gasteiger partial charge >= 0.3 is 0 Å². The van der Waals surface area contributed by atoms with Crippen LogP contribution in [-0.4, -0.2) is 37.4 Å². The van der Waals surface area contributed by atoms with E-state index in [0.717, 1.165) is 29.7 Å². The summed E-state index contributed by atoms with van der Waals surface area (Å²) in [6.45, 7) is 2.63. The Morgan fingerprint density at radius 2 is 2.17 bits per heavy atom. The number of aliphatic hydroxyl groups excluding tert-OH is 1. The summed E-state index contributed by atoms with van der Waals surface area (Å²) in [6, 6.07) is 7.90. The number of hydrogen-bond acceptors (Lipinski definition) is 6. The highest BCUT2D eigenvalue weighted by Gasteiger charge is 2.29. The van der Waals surface area contributed by atoms with E-state index in [0.29, 0.717) is 30.8 Å². The van der Waals surface area contributed by atoms with Gasteiger partial charge in [0, 0.05) is 12.5 Å². The molecule has 4 rings (SSSR count). The Morgan fingerprint density at radius 1 is 1.35 bits per heavy atom. The zero-order valence-electron chi connectivity index (χ0n) is 12.9. The van der Waals surface area contributed by atoms with E-state index in [4.69, 9.17) is 4.52 Å². The van der Waals surface area contributed by atoms with Gasteiger partial charge in [0.25, 0.3) is 0 Å². The van der Waals surface area contributed by atoms with Crippen LogP contribution in [0.1, 0.15) is 37.4 Å². The molecule has 0 bridgehead atoms. The van der Waals surface area contributed by atoms with Crippen LogP contribution in [-0.2, 0) is 6.54 Å². The van der Waals surface area contributed by atoms with E-state index in [1.165, 1.54) is 0 Å². The Morgan fingerprint density at radius 3 is 2.96 bits per heavy atom. The fraction of sp³-hybridized carbons (Fsp3) is 0.438. The molecular formula is C16H19N5O2. The summed E-state index contributed by atoms with van der Waals surface area (Å²) in [5, 5.41) is 16.7. The van der Waals surface area contributed by atoms with E-state index in [2.05, 4.69) is 20.4 Å². The summed E-state index contributed by atoms with van der Waals surface area (Å²) < 4.78 is 7.38. The van der Waals surface area contributed by atoms with Crippen LogP contribution in [0.4, 0.5) is 5.95 Å². The van der Waals surface area contributed by atoms with Gasteiger partial charge in [0.2, 0.25) is 11.8 Å². The van der Waals surface area contributed by atoms with Gasteiger partial charge in [-0.1, -0.05) is 17.3 Å². The Labute approximate surface area is 133 Å². The van der Waals surface area contributed by atoms with E-state index in [1.807, 2.05) is 28.8 Å². The first-order valence-electron chi connectivity index (χ1n) is 7.90. The van der Waals surface area contributed by atoms with Gasteiger partial charge in [-0.3, -0.25) is 0 Å². The maximum Gasteiger partial charge on any atom is 0.246 e. The number of anilines is 1. The van der Waals surface area contributed by atoms with Crippen molar-refractivity contribution in [2.45, 2.75) is 38.3 Å². The molecule has 1 unspecified atom stereocenters. The van der Waals surface area contributed by atoms with Gasteiger partial charge in [-0.15, -0.1) is 0 Å². The van der Waals surface area contributed by atoms with Crippen molar-refractivity contribution in [3.05, 3.63) is 36.0 Å². The molecule has 1 saturated carbocycles. The molecule has 2 aromatic heterocycles. The topological polar surface area (TPSA) is 89.0 Å². The van der Waals surface area contributed by atoms with Gasteiger partial charge < -0.3 is 19.5 Å². The van der Waals surface area contributed by atoms with Crippen LogP contribution in [0.25, 0.3) is 11.0 Å². The monoisotopic (exact) mass is 313 g/mol. The van der Waals surface area contributed by atoms with Crippen molar-refractivity contribution in [1.29, 1.82) is 0 Å². The standard InChI is InChI=1S/C16H19N5O2/c1-10(22)8-17-16-18-12-4-2-3-5-13(12)21(16)9-14-19-15(20-23-14)11-6-7-11/h2-5,10-11,22H,6-9H2,1H3,(H,17,18). The first-order valence-corrected chi connectivity index (χ1v) is 7.90. The number of rotatable bonds is 6. The van der Waals surface area contributed by atoms with Crippen LogP contribution in [0.5, 0.6) is 0 Å². The number of nitrogens with one attached hydrogen (secondary N) is 1. The molecule has 0 saturated heterocycles. The number of fused-ring (bicyclic) bond motifs is 1. The third-order valence-corrected chi connectivity index (χ3v) is 3.93. The molecule has 0 radical (unpaired) electrons. The number of aromatic nitrogens is 4. The number of benzene rings is 1. The molecule has 0 spiro atoms. The zero-order chi connectivity index (χ0) is 15.8. The molecule has 2 N–H and O–H groups in total. The van der Waals surface area contributed by atoms with Gasteiger partial charge in [0.15, 0.2) is 5.82 Å². The maximum absolute atomic E-state index is 9.50. The van der Waals surface area contributed by atoms with Crippen molar-refractivity contribution in [1.82, 2.24) is 19.7 Å². The van der Waals surface area contributed by atoms with Crippen LogP contribution in [0.3, 0.4) is 0 Å². The maximum atomic E-state index is 9.50. The fourth-order valence-electron chi connectivity index (χ4n) is 2.58. The molecule has 1 aromatic carbocycles. The zero-order valence-corrected chi connectivity index (χ0v) is 12.9. The van der Waals surface area contributed by atoms with Crippen LogP contribution in [0.15, 0.2) is 28.8 Å². The molecule has 7 heteroatoms. The minimum absolute atomic E-state index is 0.431. The Hall–Kier alpha value is -2.41. The molecule has 1 fully saturated rings. The minimum atomic E-state index is -0.451. The second-order valence-electron chi connectivity index (χ2n) is 6.06. The van der Waals surface area contributed by atoms with Crippen molar-refractivity contribution < 1.29 is 9.63 Å². The highest BCUT2D eigenvalue weighted by molar-refractivity contribution is 5.78. The average molecular weight is 313 g/mol. The van der Waals surface area contributed by atoms with Gasteiger partial charge in [-0.25, -0.2) is 4.98 Å². The van der Waals surface area contributed by atoms with Crippen LogP contribution >= 0.6 is 0 Å². The summed E-state index contributed by atoms with van der Waals surface area (Å²) in [7, 11) is 0. The quantitative estimate of drug-likeness (QED) is 0.725. The van der Waals surface area contributed by atoms with E-state index in [-0.39, 0.29) is 0 Å². The predicted molar refractivity (Wildman–Crippen MR) is 85.3 cm³/mol. The largest absolute Gasteiger partial charge is 0.392 e. The van der Waals surface area contributed by atoms with Gasteiger partial charge in [-0.05, 0) is 31.9 Å². The molecule has 1 aliphatic rings. The Balaban J connectivity index is 1.66. The summed E-state index contributed by atoms with van der Waals surface area (Å²) in [5.41, 5.74) is 1.88. The smallest absolute Gasteiger partial charge is 0.246 e. The summed E-state index contributed by atoms with van der Waals surface area (Å²) in [5.74, 6) is 2.55. The van der Waals surface area contributed by atoms with Gasteiger partial charge in [0.1, 0.15) is 6.54 Å². The van der Waals surface area contributed by atoms with E-state index < -0.39 is 6.10 Å². The van der Waals surface area contributed by atoms with Crippen molar-refractivity contribution >= 4 is 17.0 Å². The molecule has 0 aliphatic heterocycles. The molecule has 0 amide bonds. The van der Waals surface area contributed by atoms with Gasteiger partial charge in [-0.2, -0.15) is 4.98 Å². The molecule has 23 heavy (non-hydrogen) atoms. The van der Waals surface area contributed by atoms with E-state index in [9.17, 15) is 5.11 Å². The molecule has 7 nitrogen and oxygen atoms in total. The first kappa shape index (κ1) is 14.2. The summed E-state index contributed by atoms with van der Waals surface area (Å²) in [4.78, 5) is 9.07. The number of hydrogen-bond donors (Lipinski definition) is 2. The number of nitrogens with zero attached hydrogens (tertiary/aromatic N) is 4. The SMILES string of the molecule is CC(O)CNc1nc2ccccc2n1Cc1nc(C2CC2)no1. The number of imidazole rings is 1. The van der Waals surface area contributed by atoms with Crippen molar-refractivity contribution in [3.63, 3.8) is 0 Å². The molecule has 2 heterocycles. The Bertz CT molecular complexity index is 819. The summed E-state index contributed by atoms with van der Waals surface area (Å²) >= 11 is 0.